The molecule has 1 fully saturated rings. The van der Waals surface area contributed by atoms with E-state index in [1.54, 1.807) is 14.0 Å². The highest BCUT2D eigenvalue weighted by Crippen LogP contribution is 2.36. The molecule has 0 spiro atoms. The summed E-state index contributed by atoms with van der Waals surface area (Å²) >= 11 is 0. The summed E-state index contributed by atoms with van der Waals surface area (Å²) in [6, 6.07) is 8.42. The summed E-state index contributed by atoms with van der Waals surface area (Å²) in [5.41, 5.74) is 2.94. The van der Waals surface area contributed by atoms with Crippen molar-refractivity contribution in [2.24, 2.45) is 13.0 Å². The van der Waals surface area contributed by atoms with E-state index in [2.05, 4.69) is 36.1 Å². The Bertz CT molecular complexity index is 1030. The molecular weight excluding hydrogens is 366 g/mol. The second-order valence-corrected chi connectivity index (χ2v) is 8.92. The molecule has 1 aromatic carbocycles. The van der Waals surface area contributed by atoms with Gasteiger partial charge in [0.2, 0.25) is 5.82 Å². The zero-order valence-corrected chi connectivity index (χ0v) is 17.7. The van der Waals surface area contributed by atoms with Crippen molar-refractivity contribution in [1.82, 2.24) is 14.9 Å². The monoisotopic (exact) mass is 395 g/mol. The number of hydrogen-bond donors (Lipinski definition) is 0. The topological polar surface area (TPSA) is 74.1 Å². The molecule has 2 aromatic heterocycles. The van der Waals surface area contributed by atoms with Crippen molar-refractivity contribution in [3.63, 3.8) is 0 Å². The first-order valence-electron chi connectivity index (χ1n) is 10.5. The summed E-state index contributed by atoms with van der Waals surface area (Å²) in [5, 5.41) is 4.09. The van der Waals surface area contributed by atoms with Crippen LogP contribution in [0.25, 0.3) is 23.0 Å². The average Bonchev–Trinajstić information content (AvgIpc) is 3.43. The molecule has 29 heavy (non-hydrogen) atoms. The summed E-state index contributed by atoms with van der Waals surface area (Å²) in [7, 11) is 1.65. The van der Waals surface area contributed by atoms with Crippen LogP contribution in [0.15, 0.2) is 38.1 Å². The van der Waals surface area contributed by atoms with Gasteiger partial charge in [-0.2, -0.15) is 4.98 Å². The third-order valence-corrected chi connectivity index (χ3v) is 6.40. The highest BCUT2D eigenvalue weighted by Gasteiger charge is 2.24. The maximum absolute atomic E-state index is 11.7. The predicted molar refractivity (Wildman–Crippen MR) is 112 cm³/mol. The van der Waals surface area contributed by atoms with Crippen LogP contribution in [0, 0.1) is 12.8 Å². The molecule has 3 aromatic rings. The minimum absolute atomic E-state index is 0.149. The summed E-state index contributed by atoms with van der Waals surface area (Å²) in [6.45, 7) is 6.34. The van der Waals surface area contributed by atoms with Gasteiger partial charge in [-0.3, -0.25) is 0 Å². The molecule has 1 aliphatic carbocycles. The number of aryl methyl sites for hydroxylation is 1. The lowest BCUT2D eigenvalue weighted by Gasteiger charge is -2.27. The van der Waals surface area contributed by atoms with E-state index in [4.69, 9.17) is 9.05 Å². The predicted octanol–water partition coefficient (Wildman–Crippen LogP) is 5.25. The van der Waals surface area contributed by atoms with E-state index in [-0.39, 0.29) is 11.3 Å². The Hall–Kier alpha value is -2.63. The van der Waals surface area contributed by atoms with Crippen molar-refractivity contribution >= 4 is 0 Å². The number of nitrogens with zero attached hydrogens (tertiary/aromatic N) is 3. The number of hydrogen-bond acceptors (Lipinski definition) is 5. The molecule has 2 heterocycles. The summed E-state index contributed by atoms with van der Waals surface area (Å²) < 4.78 is 11.8. The van der Waals surface area contributed by atoms with E-state index < -0.39 is 5.63 Å². The lowest BCUT2D eigenvalue weighted by Crippen LogP contribution is -2.18. The minimum atomic E-state index is -0.397. The van der Waals surface area contributed by atoms with E-state index in [1.807, 2.05) is 12.1 Å². The van der Waals surface area contributed by atoms with E-state index in [1.165, 1.54) is 48.8 Å². The molecule has 154 valence electrons. The number of aromatic nitrogens is 3. The van der Waals surface area contributed by atoms with E-state index in [0.29, 0.717) is 17.1 Å². The quantitative estimate of drug-likeness (QED) is 0.570. The van der Waals surface area contributed by atoms with Gasteiger partial charge < -0.3 is 9.05 Å². The largest absolute Gasteiger partial charge is 0.361 e. The maximum Gasteiger partial charge on any atom is 0.361 e. The molecule has 4 rings (SSSR count). The molecule has 6 nitrogen and oxygen atoms in total. The van der Waals surface area contributed by atoms with Gasteiger partial charge in [0.1, 0.15) is 5.69 Å². The first kappa shape index (κ1) is 19.7. The van der Waals surface area contributed by atoms with Crippen LogP contribution in [0.2, 0.25) is 0 Å². The summed E-state index contributed by atoms with van der Waals surface area (Å²) in [6.07, 6.45) is 8.12. The van der Waals surface area contributed by atoms with Crippen LogP contribution in [0.4, 0.5) is 0 Å². The summed E-state index contributed by atoms with van der Waals surface area (Å²) in [5.74, 6) is 1.70. The van der Waals surface area contributed by atoms with Gasteiger partial charge in [0.15, 0.2) is 0 Å². The molecule has 0 atom stereocenters. The van der Waals surface area contributed by atoms with Crippen molar-refractivity contribution in [1.29, 1.82) is 0 Å². The Balaban J connectivity index is 1.50. The van der Waals surface area contributed by atoms with Gasteiger partial charge in [0.25, 0.3) is 5.89 Å². The van der Waals surface area contributed by atoms with Crippen molar-refractivity contribution in [3.05, 3.63) is 45.8 Å². The normalized spacial score (nSPS) is 15.3. The van der Waals surface area contributed by atoms with E-state index >= 15 is 0 Å². The fourth-order valence-corrected chi connectivity index (χ4v) is 4.38. The van der Waals surface area contributed by atoms with Crippen LogP contribution < -0.4 is 5.63 Å². The number of rotatable bonds is 6. The zero-order valence-electron chi connectivity index (χ0n) is 17.7. The maximum atomic E-state index is 11.7. The highest BCUT2D eigenvalue weighted by molar-refractivity contribution is 5.59. The van der Waals surface area contributed by atoms with Gasteiger partial charge in [-0.15, -0.1) is 0 Å². The van der Waals surface area contributed by atoms with Gasteiger partial charge in [-0.1, -0.05) is 69.0 Å². The van der Waals surface area contributed by atoms with Crippen LogP contribution in [0.1, 0.15) is 63.5 Å². The van der Waals surface area contributed by atoms with E-state index in [0.717, 1.165) is 11.5 Å². The lowest BCUT2D eigenvalue weighted by molar-refractivity contribution is 0.285. The smallest absolute Gasteiger partial charge is 0.336 e. The number of benzene rings is 1. The third-order valence-electron chi connectivity index (χ3n) is 6.40. The molecule has 0 aliphatic heterocycles. The third kappa shape index (κ3) is 3.93. The Morgan fingerprint density at radius 1 is 1.17 bits per heavy atom. The Morgan fingerprint density at radius 2 is 1.86 bits per heavy atom. The van der Waals surface area contributed by atoms with Crippen molar-refractivity contribution in [2.75, 3.05) is 0 Å². The molecule has 1 saturated carbocycles. The van der Waals surface area contributed by atoms with Crippen LogP contribution in [-0.4, -0.2) is 14.9 Å². The Morgan fingerprint density at radius 3 is 2.48 bits per heavy atom. The van der Waals surface area contributed by atoms with Gasteiger partial charge in [-0.05, 0) is 36.7 Å². The molecule has 1 aliphatic rings. The molecule has 0 amide bonds. The second kappa shape index (κ2) is 7.65. The molecule has 0 bridgehead atoms. The van der Waals surface area contributed by atoms with Gasteiger partial charge >= 0.3 is 5.63 Å². The van der Waals surface area contributed by atoms with Crippen LogP contribution in [0.3, 0.4) is 0 Å². The molecule has 0 saturated heterocycles. The van der Waals surface area contributed by atoms with Crippen LogP contribution in [-0.2, 0) is 12.5 Å². The zero-order chi connectivity index (χ0) is 20.6. The van der Waals surface area contributed by atoms with Gasteiger partial charge in [-0.25, -0.2) is 9.53 Å². The van der Waals surface area contributed by atoms with Gasteiger partial charge in [0, 0.05) is 12.6 Å². The molecule has 0 radical (unpaired) electrons. The van der Waals surface area contributed by atoms with Crippen molar-refractivity contribution in [3.8, 4) is 23.0 Å². The first-order valence-corrected chi connectivity index (χ1v) is 10.5. The minimum Gasteiger partial charge on any atom is -0.336 e. The van der Waals surface area contributed by atoms with Gasteiger partial charge in [0.05, 0.1) is 5.56 Å². The highest BCUT2D eigenvalue weighted by atomic mass is 16.5. The summed E-state index contributed by atoms with van der Waals surface area (Å²) in [4.78, 5) is 16.2. The first-order chi connectivity index (χ1) is 13.8. The molecule has 6 heteroatoms. The van der Waals surface area contributed by atoms with Crippen LogP contribution in [0.5, 0.6) is 0 Å². The Kier molecular flexibility index (Phi) is 5.19. The molecule has 0 N–H and O–H groups in total. The van der Waals surface area contributed by atoms with Crippen molar-refractivity contribution < 1.29 is 9.05 Å². The molecule has 0 unspecified atom stereocenters. The van der Waals surface area contributed by atoms with E-state index in [9.17, 15) is 4.79 Å². The van der Waals surface area contributed by atoms with Crippen molar-refractivity contribution in [2.45, 2.75) is 64.7 Å². The van der Waals surface area contributed by atoms with Crippen LogP contribution >= 0.6 is 0 Å². The second-order valence-electron chi connectivity index (χ2n) is 8.92. The average molecular weight is 396 g/mol. The SMILES string of the molecule is Cc1c(-c2nc(-c3ccc(C(C)(C)CCC4CCCC4)cc3)no2)n(C)oc1=O. The lowest BCUT2D eigenvalue weighted by atomic mass is 9.78. The fourth-order valence-electron chi connectivity index (χ4n) is 4.38. The fraction of sp³-hybridized carbons (Fsp3) is 0.522. The standard InChI is InChI=1S/C23H29N3O3/c1-15-19(26(4)29-22(15)27)21-24-20(25-28-21)17-9-11-18(12-10-17)23(2,3)14-13-16-7-5-6-8-16/h9-12,16H,5-8,13-14H2,1-4H3. The molecular formula is C23H29N3O3. The Labute approximate surface area is 170 Å².